The van der Waals surface area contributed by atoms with Crippen LogP contribution in [0.2, 0.25) is 0 Å². The monoisotopic (exact) mass is 314 g/mol. The largest absolute Gasteiger partial charge is 0.479 e. The molecule has 4 heteroatoms. The Morgan fingerprint density at radius 1 is 0.727 bits per heavy atom. The number of carboxylic acid groups (broad SMARTS) is 1. The van der Waals surface area contributed by atoms with Crippen molar-refractivity contribution in [1.29, 1.82) is 0 Å². The third-order valence-electron chi connectivity index (χ3n) is 3.84. The van der Waals surface area contributed by atoms with E-state index < -0.39 is 18.5 Å². The molecule has 0 aliphatic carbocycles. The van der Waals surface area contributed by atoms with Crippen molar-refractivity contribution in [1.82, 2.24) is 0 Å². The van der Waals surface area contributed by atoms with Gasteiger partial charge in [-0.1, -0.05) is 84.0 Å². The van der Waals surface area contributed by atoms with Crippen molar-refractivity contribution in [2.75, 3.05) is 6.61 Å². The van der Waals surface area contributed by atoms with Crippen molar-refractivity contribution in [3.05, 3.63) is 0 Å². The minimum absolute atomic E-state index is 0.338. The summed E-state index contributed by atoms with van der Waals surface area (Å²) in [6, 6.07) is 0. The van der Waals surface area contributed by atoms with Gasteiger partial charge in [0.05, 0.1) is 0 Å². The fourth-order valence-corrected chi connectivity index (χ4v) is 2.50. The summed E-state index contributed by atoms with van der Waals surface area (Å²) in [5.41, 5.74) is 0. The van der Waals surface area contributed by atoms with E-state index in [1.54, 1.807) is 0 Å². The van der Waals surface area contributed by atoms with Crippen molar-refractivity contribution in [3.63, 3.8) is 0 Å². The average Bonchev–Trinajstić information content (AvgIpc) is 2.49. The van der Waals surface area contributed by atoms with Gasteiger partial charge in [-0.2, -0.15) is 0 Å². The molecule has 1 N–H and O–H groups in total. The molecule has 0 atom stereocenters. The van der Waals surface area contributed by atoms with Crippen LogP contribution in [0.4, 0.5) is 0 Å². The Morgan fingerprint density at radius 3 is 1.55 bits per heavy atom. The summed E-state index contributed by atoms with van der Waals surface area (Å²) in [7, 11) is 0. The Balaban J connectivity index is 3.11. The standard InChI is InChI=1S/C18H34O4/c1-2-3-4-5-6-7-8-9-10-11-12-13-14-15-18(21)22-16-17(19)20/h2-16H2,1H3,(H,19,20). The van der Waals surface area contributed by atoms with Gasteiger partial charge in [0.15, 0.2) is 6.61 Å². The van der Waals surface area contributed by atoms with E-state index in [9.17, 15) is 9.59 Å². The minimum atomic E-state index is -1.10. The second-order valence-corrected chi connectivity index (χ2v) is 6.05. The number of carbonyl (C=O) groups excluding carboxylic acids is 1. The number of esters is 1. The maximum Gasteiger partial charge on any atom is 0.341 e. The van der Waals surface area contributed by atoms with Gasteiger partial charge in [0.1, 0.15) is 0 Å². The zero-order valence-corrected chi connectivity index (χ0v) is 14.3. The Bertz CT molecular complexity index is 276. The lowest BCUT2D eigenvalue weighted by Gasteiger charge is -2.03. The summed E-state index contributed by atoms with van der Waals surface area (Å²) in [6.07, 6.45) is 16.8. The predicted octanol–water partition coefficient (Wildman–Crippen LogP) is 5.10. The Morgan fingerprint density at radius 2 is 1.14 bits per heavy atom. The van der Waals surface area contributed by atoms with Gasteiger partial charge >= 0.3 is 11.9 Å². The first-order valence-corrected chi connectivity index (χ1v) is 9.04. The van der Waals surface area contributed by atoms with Gasteiger partial charge in [-0.3, -0.25) is 4.79 Å². The van der Waals surface area contributed by atoms with Crippen LogP contribution in [0.5, 0.6) is 0 Å². The number of ether oxygens (including phenoxy) is 1. The minimum Gasteiger partial charge on any atom is -0.479 e. The van der Waals surface area contributed by atoms with Gasteiger partial charge in [0, 0.05) is 6.42 Å². The fraction of sp³-hybridized carbons (Fsp3) is 0.889. The van der Waals surface area contributed by atoms with Crippen LogP contribution in [0.25, 0.3) is 0 Å². The molecule has 0 spiro atoms. The molecule has 0 unspecified atom stereocenters. The van der Waals surface area contributed by atoms with Crippen molar-refractivity contribution in [3.8, 4) is 0 Å². The molecule has 0 amide bonds. The van der Waals surface area contributed by atoms with Gasteiger partial charge in [-0.25, -0.2) is 4.79 Å². The third-order valence-corrected chi connectivity index (χ3v) is 3.84. The quantitative estimate of drug-likeness (QED) is 0.318. The van der Waals surface area contributed by atoms with Crippen LogP contribution in [0.1, 0.15) is 96.8 Å². The lowest BCUT2D eigenvalue weighted by Crippen LogP contribution is -2.12. The molecule has 0 saturated heterocycles. The summed E-state index contributed by atoms with van der Waals surface area (Å²) in [5.74, 6) is -1.50. The van der Waals surface area contributed by atoms with Gasteiger partial charge in [0.2, 0.25) is 0 Å². The highest BCUT2D eigenvalue weighted by molar-refractivity contribution is 5.75. The molecule has 4 nitrogen and oxygen atoms in total. The van der Waals surface area contributed by atoms with Crippen LogP contribution in [-0.2, 0) is 14.3 Å². The fourth-order valence-electron chi connectivity index (χ4n) is 2.50. The molecular weight excluding hydrogens is 280 g/mol. The van der Waals surface area contributed by atoms with Crippen LogP contribution < -0.4 is 0 Å². The van der Waals surface area contributed by atoms with E-state index in [0.717, 1.165) is 19.3 Å². The first-order valence-electron chi connectivity index (χ1n) is 9.04. The highest BCUT2D eigenvalue weighted by atomic mass is 16.5. The highest BCUT2D eigenvalue weighted by Crippen LogP contribution is 2.13. The maximum atomic E-state index is 11.2. The number of hydrogen-bond acceptors (Lipinski definition) is 3. The van der Waals surface area contributed by atoms with E-state index in [2.05, 4.69) is 11.7 Å². The second-order valence-electron chi connectivity index (χ2n) is 6.05. The van der Waals surface area contributed by atoms with Crippen molar-refractivity contribution < 1.29 is 19.4 Å². The number of carbonyl (C=O) groups is 2. The molecule has 0 aromatic heterocycles. The van der Waals surface area contributed by atoms with E-state index in [4.69, 9.17) is 5.11 Å². The zero-order chi connectivity index (χ0) is 16.5. The van der Waals surface area contributed by atoms with E-state index in [1.807, 2.05) is 0 Å². The van der Waals surface area contributed by atoms with Gasteiger partial charge in [-0.15, -0.1) is 0 Å². The smallest absolute Gasteiger partial charge is 0.341 e. The molecule has 0 aromatic rings. The van der Waals surface area contributed by atoms with Crippen molar-refractivity contribution in [2.24, 2.45) is 0 Å². The molecule has 0 radical (unpaired) electrons. The molecule has 0 aromatic carbocycles. The Kier molecular flexibility index (Phi) is 15.5. The number of hydrogen-bond donors (Lipinski definition) is 1. The predicted molar refractivity (Wildman–Crippen MR) is 88.9 cm³/mol. The first kappa shape index (κ1) is 20.9. The van der Waals surface area contributed by atoms with E-state index in [-0.39, 0.29) is 0 Å². The first-order chi connectivity index (χ1) is 10.7. The number of carboxylic acids is 1. The van der Waals surface area contributed by atoms with E-state index in [1.165, 1.54) is 64.2 Å². The van der Waals surface area contributed by atoms with Crippen molar-refractivity contribution in [2.45, 2.75) is 96.8 Å². The number of aliphatic carboxylic acids is 1. The Hall–Kier alpha value is -1.06. The molecule has 0 rings (SSSR count). The molecule has 0 aliphatic heterocycles. The molecule has 130 valence electrons. The molecule has 0 saturated carbocycles. The summed E-state index contributed by atoms with van der Waals surface area (Å²) in [6.45, 7) is 1.73. The summed E-state index contributed by atoms with van der Waals surface area (Å²) in [4.78, 5) is 21.4. The van der Waals surface area contributed by atoms with Crippen LogP contribution in [0, 0.1) is 0 Å². The number of unbranched alkanes of at least 4 members (excludes halogenated alkanes) is 12. The lowest BCUT2D eigenvalue weighted by molar-refractivity contribution is -0.155. The summed E-state index contributed by atoms with van der Waals surface area (Å²) >= 11 is 0. The van der Waals surface area contributed by atoms with Crippen LogP contribution in [-0.4, -0.2) is 23.7 Å². The molecule has 0 aliphatic rings. The summed E-state index contributed by atoms with van der Waals surface area (Å²) < 4.78 is 4.57. The molecule has 22 heavy (non-hydrogen) atoms. The highest BCUT2D eigenvalue weighted by Gasteiger charge is 2.05. The maximum absolute atomic E-state index is 11.2. The third kappa shape index (κ3) is 17.0. The van der Waals surface area contributed by atoms with E-state index in [0.29, 0.717) is 6.42 Å². The molecule has 0 fully saturated rings. The Labute approximate surface area is 135 Å². The van der Waals surface area contributed by atoms with Gasteiger partial charge in [0.25, 0.3) is 0 Å². The van der Waals surface area contributed by atoms with E-state index >= 15 is 0 Å². The van der Waals surface area contributed by atoms with Crippen LogP contribution >= 0.6 is 0 Å². The average molecular weight is 314 g/mol. The summed E-state index contributed by atoms with van der Waals surface area (Å²) in [5, 5.41) is 8.37. The zero-order valence-electron chi connectivity index (χ0n) is 14.3. The molecule has 0 heterocycles. The van der Waals surface area contributed by atoms with Crippen LogP contribution in [0.3, 0.4) is 0 Å². The normalized spacial score (nSPS) is 10.6. The number of rotatable bonds is 16. The SMILES string of the molecule is CCCCCCCCCCCCCCCC(=O)OCC(=O)O. The second kappa shape index (κ2) is 16.3. The van der Waals surface area contributed by atoms with Crippen LogP contribution in [0.15, 0.2) is 0 Å². The molecule has 0 bridgehead atoms. The van der Waals surface area contributed by atoms with Gasteiger partial charge < -0.3 is 9.84 Å². The van der Waals surface area contributed by atoms with Gasteiger partial charge in [-0.05, 0) is 6.42 Å². The lowest BCUT2D eigenvalue weighted by atomic mass is 10.0. The molecular formula is C18H34O4. The van der Waals surface area contributed by atoms with Crippen molar-refractivity contribution >= 4 is 11.9 Å². The topological polar surface area (TPSA) is 63.6 Å².